The summed E-state index contributed by atoms with van der Waals surface area (Å²) in [6.07, 6.45) is 0. The van der Waals surface area contributed by atoms with Gasteiger partial charge in [0.1, 0.15) is 5.69 Å². The van der Waals surface area contributed by atoms with E-state index in [2.05, 4.69) is 17.5 Å². The van der Waals surface area contributed by atoms with Gasteiger partial charge in [-0.1, -0.05) is 12.1 Å². The summed E-state index contributed by atoms with van der Waals surface area (Å²) in [4.78, 5) is 10.1. The molecule has 0 radical (unpaired) electrons. The number of rotatable bonds is 3. The van der Waals surface area contributed by atoms with Gasteiger partial charge in [-0.15, -0.1) is 0 Å². The van der Waals surface area contributed by atoms with Crippen molar-refractivity contribution in [2.24, 2.45) is 5.73 Å². The molecule has 6 nitrogen and oxygen atoms in total. The minimum atomic E-state index is -0.570. The fourth-order valence-corrected chi connectivity index (χ4v) is 1.24. The molecule has 0 aliphatic heterocycles. The maximum Gasteiger partial charge on any atom is 0.293 e. The van der Waals surface area contributed by atoms with Gasteiger partial charge in [-0.2, -0.15) is 0 Å². The van der Waals surface area contributed by atoms with E-state index in [1.54, 1.807) is 6.07 Å². The van der Waals surface area contributed by atoms with Gasteiger partial charge in [0.15, 0.2) is 5.11 Å². The first kappa shape index (κ1) is 11.3. The van der Waals surface area contributed by atoms with Crippen LogP contribution >= 0.6 is 12.2 Å². The fourth-order valence-electron chi connectivity index (χ4n) is 1.14. The highest BCUT2D eigenvalue weighted by atomic mass is 32.1. The number of hydrogen-bond acceptors (Lipinski definition) is 4. The van der Waals surface area contributed by atoms with Gasteiger partial charge in [-0.25, -0.2) is 0 Å². The third kappa shape index (κ3) is 2.61. The van der Waals surface area contributed by atoms with Crippen molar-refractivity contribution < 1.29 is 10.0 Å². The maximum absolute atomic E-state index is 10.7. The standard InChI is InChI=1S/C8H9N3O3S/c9-8(15)10-7-5(4-12)2-1-3-6(7)11(13)14/h1-3,12H,4H2,(H3,9,10,15). The van der Waals surface area contributed by atoms with Crippen LogP contribution in [0.4, 0.5) is 11.4 Å². The van der Waals surface area contributed by atoms with Gasteiger partial charge >= 0.3 is 0 Å². The molecule has 0 unspecified atom stereocenters. The molecule has 7 heteroatoms. The molecule has 0 atom stereocenters. The minimum absolute atomic E-state index is 0.0843. The Bertz CT molecular complexity index is 408. The van der Waals surface area contributed by atoms with E-state index in [1.165, 1.54) is 12.1 Å². The second-order valence-corrected chi connectivity index (χ2v) is 3.16. The Balaban J connectivity index is 3.26. The van der Waals surface area contributed by atoms with Gasteiger partial charge in [-0.3, -0.25) is 10.1 Å². The lowest BCUT2D eigenvalue weighted by Crippen LogP contribution is -2.20. The number of nitro groups is 1. The van der Waals surface area contributed by atoms with Gasteiger partial charge in [0.2, 0.25) is 0 Å². The Morgan fingerprint density at radius 1 is 1.67 bits per heavy atom. The first-order chi connectivity index (χ1) is 7.06. The Kier molecular flexibility index (Phi) is 3.53. The lowest BCUT2D eigenvalue weighted by atomic mass is 10.1. The number of hydrogen-bond donors (Lipinski definition) is 3. The summed E-state index contributed by atoms with van der Waals surface area (Å²) >= 11 is 4.59. The molecular weight excluding hydrogens is 218 g/mol. The van der Waals surface area contributed by atoms with Gasteiger partial charge in [0.25, 0.3) is 5.69 Å². The average molecular weight is 227 g/mol. The zero-order valence-corrected chi connectivity index (χ0v) is 8.45. The first-order valence-corrected chi connectivity index (χ1v) is 4.40. The van der Waals surface area contributed by atoms with Crippen molar-refractivity contribution in [3.05, 3.63) is 33.9 Å². The van der Waals surface area contributed by atoms with Crippen LogP contribution in [0, 0.1) is 10.1 Å². The molecule has 0 bridgehead atoms. The van der Waals surface area contributed by atoms with Gasteiger partial charge in [0, 0.05) is 11.6 Å². The molecule has 0 aliphatic rings. The quantitative estimate of drug-likeness (QED) is 0.400. The zero-order chi connectivity index (χ0) is 11.4. The van der Waals surface area contributed by atoms with Crippen LogP contribution in [0.1, 0.15) is 5.56 Å². The third-order valence-corrected chi connectivity index (χ3v) is 1.85. The van der Waals surface area contributed by atoms with Crippen LogP contribution in [-0.2, 0) is 6.61 Å². The average Bonchev–Trinajstić information content (AvgIpc) is 2.16. The monoisotopic (exact) mass is 227 g/mol. The summed E-state index contributed by atoms with van der Waals surface area (Å²) in [5, 5.41) is 22.1. The zero-order valence-electron chi connectivity index (χ0n) is 7.64. The van der Waals surface area contributed by atoms with Gasteiger partial charge < -0.3 is 16.2 Å². The van der Waals surface area contributed by atoms with E-state index in [-0.39, 0.29) is 23.1 Å². The van der Waals surface area contributed by atoms with Crippen molar-refractivity contribution >= 4 is 28.7 Å². The number of nitrogens with zero attached hydrogens (tertiary/aromatic N) is 1. The molecule has 0 heterocycles. The molecule has 0 saturated carbocycles. The smallest absolute Gasteiger partial charge is 0.293 e. The second kappa shape index (κ2) is 4.67. The fraction of sp³-hybridized carbons (Fsp3) is 0.125. The predicted octanol–water partition coefficient (Wildman–Crippen LogP) is 0.743. The van der Waals surface area contributed by atoms with Crippen LogP contribution in [0.15, 0.2) is 18.2 Å². The third-order valence-electron chi connectivity index (χ3n) is 1.74. The van der Waals surface area contributed by atoms with Crippen molar-refractivity contribution in [3.8, 4) is 0 Å². The Labute approximate surface area is 90.9 Å². The summed E-state index contributed by atoms with van der Waals surface area (Å²) in [6, 6.07) is 4.34. The molecular formula is C8H9N3O3S. The van der Waals surface area contributed by atoms with Crippen molar-refractivity contribution in [1.82, 2.24) is 0 Å². The van der Waals surface area contributed by atoms with Crippen LogP contribution in [0.2, 0.25) is 0 Å². The van der Waals surface area contributed by atoms with Crippen LogP contribution in [0.25, 0.3) is 0 Å². The van der Waals surface area contributed by atoms with E-state index in [0.717, 1.165) is 0 Å². The summed E-state index contributed by atoms with van der Waals surface area (Å²) in [5.74, 6) is 0. The number of aliphatic hydroxyl groups excluding tert-OH is 1. The van der Waals surface area contributed by atoms with E-state index < -0.39 is 4.92 Å². The van der Waals surface area contributed by atoms with E-state index >= 15 is 0 Å². The maximum atomic E-state index is 10.7. The van der Waals surface area contributed by atoms with Crippen LogP contribution in [-0.4, -0.2) is 15.1 Å². The lowest BCUT2D eigenvalue weighted by molar-refractivity contribution is -0.384. The molecule has 0 aromatic heterocycles. The van der Waals surface area contributed by atoms with Crippen molar-refractivity contribution in [3.63, 3.8) is 0 Å². The summed E-state index contributed by atoms with van der Waals surface area (Å²) in [6.45, 7) is -0.327. The molecule has 0 aliphatic carbocycles. The van der Waals surface area contributed by atoms with Crippen molar-refractivity contribution in [2.75, 3.05) is 5.32 Å². The topological polar surface area (TPSA) is 101 Å². The minimum Gasteiger partial charge on any atom is -0.392 e. The van der Waals surface area contributed by atoms with Crippen LogP contribution in [0.3, 0.4) is 0 Å². The number of nitrogens with one attached hydrogen (secondary N) is 1. The van der Waals surface area contributed by atoms with E-state index in [1.807, 2.05) is 0 Å². The van der Waals surface area contributed by atoms with Crippen molar-refractivity contribution in [2.45, 2.75) is 6.61 Å². The lowest BCUT2D eigenvalue weighted by Gasteiger charge is -2.08. The summed E-state index contributed by atoms with van der Waals surface area (Å²) in [7, 11) is 0. The Hall–Kier alpha value is -1.73. The number of nitro benzene ring substituents is 1. The molecule has 0 fully saturated rings. The number of thiocarbonyl (C=S) groups is 1. The molecule has 4 N–H and O–H groups in total. The SMILES string of the molecule is NC(=S)Nc1c(CO)cccc1[N+](=O)[O-]. The first-order valence-electron chi connectivity index (χ1n) is 4.00. The van der Waals surface area contributed by atoms with E-state index in [0.29, 0.717) is 5.56 Å². The predicted molar refractivity (Wildman–Crippen MR) is 59.4 cm³/mol. The van der Waals surface area contributed by atoms with Gasteiger partial charge in [-0.05, 0) is 12.2 Å². The number of para-hydroxylation sites is 1. The van der Waals surface area contributed by atoms with Crippen LogP contribution < -0.4 is 11.1 Å². The molecule has 80 valence electrons. The van der Waals surface area contributed by atoms with Crippen molar-refractivity contribution in [1.29, 1.82) is 0 Å². The molecule has 15 heavy (non-hydrogen) atoms. The molecule has 0 saturated heterocycles. The highest BCUT2D eigenvalue weighted by molar-refractivity contribution is 7.80. The van der Waals surface area contributed by atoms with Gasteiger partial charge in [0.05, 0.1) is 11.5 Å². The Morgan fingerprint density at radius 2 is 2.33 bits per heavy atom. The van der Waals surface area contributed by atoms with E-state index in [9.17, 15) is 10.1 Å². The normalized spacial score (nSPS) is 9.67. The second-order valence-electron chi connectivity index (χ2n) is 2.72. The molecule has 0 spiro atoms. The highest BCUT2D eigenvalue weighted by Crippen LogP contribution is 2.27. The number of nitrogens with two attached hydrogens (primary N) is 1. The summed E-state index contributed by atoms with van der Waals surface area (Å²) < 4.78 is 0. The molecule has 1 aromatic carbocycles. The largest absolute Gasteiger partial charge is 0.392 e. The molecule has 1 aromatic rings. The molecule has 0 amide bonds. The van der Waals surface area contributed by atoms with E-state index in [4.69, 9.17) is 10.8 Å². The number of aliphatic hydroxyl groups is 1. The summed E-state index contributed by atoms with van der Waals surface area (Å²) in [5.41, 5.74) is 5.57. The Morgan fingerprint density at radius 3 is 2.80 bits per heavy atom. The number of benzene rings is 1. The number of anilines is 1. The van der Waals surface area contributed by atoms with Crippen LogP contribution in [0.5, 0.6) is 0 Å². The highest BCUT2D eigenvalue weighted by Gasteiger charge is 2.16. The molecule has 1 rings (SSSR count).